The molecule has 0 aliphatic rings. The minimum atomic E-state index is 0.619. The summed E-state index contributed by atoms with van der Waals surface area (Å²) in [5.41, 5.74) is 0. The summed E-state index contributed by atoms with van der Waals surface area (Å²) in [5, 5.41) is 3.56. The molecule has 3 heteroatoms. The summed E-state index contributed by atoms with van der Waals surface area (Å²) in [4.78, 5) is 0. The van der Waals surface area contributed by atoms with Gasteiger partial charge in [0.05, 0.1) is 13.2 Å². The minimum Gasteiger partial charge on any atom is -0.382 e. The zero-order valence-corrected chi connectivity index (χ0v) is 11.4. The predicted octanol–water partition coefficient (Wildman–Crippen LogP) is 2.45. The van der Waals surface area contributed by atoms with Gasteiger partial charge in [-0.05, 0) is 25.8 Å². The second-order valence-corrected chi connectivity index (χ2v) is 4.28. The van der Waals surface area contributed by atoms with E-state index in [-0.39, 0.29) is 0 Å². The van der Waals surface area contributed by atoms with Crippen molar-refractivity contribution >= 4 is 0 Å². The van der Waals surface area contributed by atoms with E-state index in [0.29, 0.717) is 19.3 Å². The van der Waals surface area contributed by atoms with E-state index in [1.54, 1.807) is 7.11 Å². The first-order chi connectivity index (χ1) is 7.76. The molecular formula is C13H29NO2. The zero-order chi connectivity index (χ0) is 12.2. The number of rotatable bonds is 11. The van der Waals surface area contributed by atoms with E-state index in [1.165, 1.54) is 12.8 Å². The summed E-state index contributed by atoms with van der Waals surface area (Å²) in [7, 11) is 1.70. The Hall–Kier alpha value is -0.120. The van der Waals surface area contributed by atoms with Crippen molar-refractivity contribution in [3.63, 3.8) is 0 Å². The Labute approximate surface area is 101 Å². The summed E-state index contributed by atoms with van der Waals surface area (Å²) in [6, 6.07) is 0.619. The van der Waals surface area contributed by atoms with Crippen molar-refractivity contribution in [3.05, 3.63) is 0 Å². The van der Waals surface area contributed by atoms with Crippen molar-refractivity contribution in [1.82, 2.24) is 5.32 Å². The van der Waals surface area contributed by atoms with Gasteiger partial charge in [0.2, 0.25) is 0 Å². The quantitative estimate of drug-likeness (QED) is 0.554. The van der Waals surface area contributed by atoms with Gasteiger partial charge in [-0.3, -0.25) is 0 Å². The second kappa shape index (κ2) is 11.4. The maximum atomic E-state index is 5.40. The number of hydrogen-bond donors (Lipinski definition) is 1. The lowest BCUT2D eigenvalue weighted by Crippen LogP contribution is -2.34. The zero-order valence-electron chi connectivity index (χ0n) is 11.4. The van der Waals surface area contributed by atoms with E-state index in [0.717, 1.165) is 25.5 Å². The highest BCUT2D eigenvalue weighted by molar-refractivity contribution is 4.69. The molecule has 0 aromatic rings. The molecule has 0 rings (SSSR count). The van der Waals surface area contributed by atoms with Crippen LogP contribution in [0.2, 0.25) is 0 Å². The normalized spacial score (nSPS) is 13.3. The highest BCUT2D eigenvalue weighted by Gasteiger charge is 2.11. The van der Waals surface area contributed by atoms with Crippen LogP contribution >= 0.6 is 0 Å². The molecule has 0 saturated heterocycles. The smallest absolute Gasteiger partial charge is 0.0700 e. The molecule has 98 valence electrons. The van der Waals surface area contributed by atoms with Gasteiger partial charge in [0.15, 0.2) is 0 Å². The van der Waals surface area contributed by atoms with Crippen molar-refractivity contribution in [1.29, 1.82) is 0 Å². The van der Waals surface area contributed by atoms with Crippen molar-refractivity contribution in [2.75, 3.05) is 33.5 Å². The standard InChI is InChI=1S/C13H29NO2/c1-5-13(6-2)12(3)14-8-7-9-16-11-10-15-4/h12-14H,5-11H2,1-4H3. The van der Waals surface area contributed by atoms with Crippen molar-refractivity contribution in [2.45, 2.75) is 46.1 Å². The maximum Gasteiger partial charge on any atom is 0.0700 e. The molecule has 0 spiro atoms. The molecule has 0 bridgehead atoms. The fourth-order valence-corrected chi connectivity index (χ4v) is 1.91. The van der Waals surface area contributed by atoms with Gasteiger partial charge >= 0.3 is 0 Å². The summed E-state index contributed by atoms with van der Waals surface area (Å²) in [6.45, 7) is 10.1. The van der Waals surface area contributed by atoms with E-state index in [9.17, 15) is 0 Å². The van der Waals surface area contributed by atoms with Gasteiger partial charge < -0.3 is 14.8 Å². The average molecular weight is 231 g/mol. The van der Waals surface area contributed by atoms with Gasteiger partial charge in [-0.25, -0.2) is 0 Å². The van der Waals surface area contributed by atoms with E-state index < -0.39 is 0 Å². The van der Waals surface area contributed by atoms with Crippen LogP contribution in [0.5, 0.6) is 0 Å². The molecular weight excluding hydrogens is 202 g/mol. The number of nitrogens with one attached hydrogen (secondary N) is 1. The van der Waals surface area contributed by atoms with Crippen LogP contribution in [0.4, 0.5) is 0 Å². The van der Waals surface area contributed by atoms with Gasteiger partial charge in [-0.15, -0.1) is 0 Å². The minimum absolute atomic E-state index is 0.619. The first kappa shape index (κ1) is 15.9. The average Bonchev–Trinajstić information content (AvgIpc) is 2.29. The van der Waals surface area contributed by atoms with Crippen LogP contribution in [0.1, 0.15) is 40.0 Å². The van der Waals surface area contributed by atoms with Crippen LogP contribution in [-0.2, 0) is 9.47 Å². The van der Waals surface area contributed by atoms with Crippen LogP contribution < -0.4 is 5.32 Å². The van der Waals surface area contributed by atoms with Crippen LogP contribution in [0, 0.1) is 5.92 Å². The van der Waals surface area contributed by atoms with Crippen LogP contribution in [0.25, 0.3) is 0 Å². The lowest BCUT2D eigenvalue weighted by atomic mass is 9.95. The van der Waals surface area contributed by atoms with Crippen molar-refractivity contribution < 1.29 is 9.47 Å². The lowest BCUT2D eigenvalue weighted by Gasteiger charge is -2.22. The Morgan fingerprint density at radius 2 is 1.75 bits per heavy atom. The van der Waals surface area contributed by atoms with Gasteiger partial charge in [0.25, 0.3) is 0 Å². The molecule has 16 heavy (non-hydrogen) atoms. The largest absolute Gasteiger partial charge is 0.382 e. The van der Waals surface area contributed by atoms with E-state index in [1.807, 2.05) is 0 Å². The Balaban J connectivity index is 3.30. The SMILES string of the molecule is CCC(CC)C(C)NCCCOCCOC. The number of ether oxygens (including phenoxy) is 2. The van der Waals surface area contributed by atoms with E-state index in [4.69, 9.17) is 9.47 Å². The number of methoxy groups -OCH3 is 1. The van der Waals surface area contributed by atoms with Crippen molar-refractivity contribution in [3.8, 4) is 0 Å². The molecule has 0 heterocycles. The van der Waals surface area contributed by atoms with Crippen LogP contribution in [0.15, 0.2) is 0 Å². The highest BCUT2D eigenvalue weighted by atomic mass is 16.5. The van der Waals surface area contributed by atoms with E-state index >= 15 is 0 Å². The fourth-order valence-electron chi connectivity index (χ4n) is 1.91. The molecule has 0 radical (unpaired) electrons. The topological polar surface area (TPSA) is 30.5 Å². The molecule has 0 aromatic heterocycles. The molecule has 0 aromatic carbocycles. The molecule has 1 N–H and O–H groups in total. The molecule has 0 amide bonds. The lowest BCUT2D eigenvalue weighted by molar-refractivity contribution is 0.0691. The van der Waals surface area contributed by atoms with Crippen LogP contribution in [0.3, 0.4) is 0 Å². The summed E-state index contributed by atoms with van der Waals surface area (Å²) < 4.78 is 10.3. The fraction of sp³-hybridized carbons (Fsp3) is 1.00. The van der Waals surface area contributed by atoms with Gasteiger partial charge in [0.1, 0.15) is 0 Å². The molecule has 1 atom stereocenters. The van der Waals surface area contributed by atoms with Gasteiger partial charge in [0, 0.05) is 19.8 Å². The second-order valence-electron chi connectivity index (χ2n) is 4.28. The molecule has 0 fully saturated rings. The highest BCUT2D eigenvalue weighted by Crippen LogP contribution is 2.12. The summed E-state index contributed by atoms with van der Waals surface area (Å²) >= 11 is 0. The van der Waals surface area contributed by atoms with Gasteiger partial charge in [-0.1, -0.05) is 26.7 Å². The predicted molar refractivity (Wildman–Crippen MR) is 68.8 cm³/mol. The van der Waals surface area contributed by atoms with Gasteiger partial charge in [-0.2, -0.15) is 0 Å². The third kappa shape index (κ3) is 8.08. The summed E-state index contributed by atoms with van der Waals surface area (Å²) in [6.07, 6.45) is 3.60. The molecule has 0 aliphatic heterocycles. The monoisotopic (exact) mass is 231 g/mol. The molecule has 0 saturated carbocycles. The van der Waals surface area contributed by atoms with E-state index in [2.05, 4.69) is 26.1 Å². The van der Waals surface area contributed by atoms with Crippen LogP contribution in [-0.4, -0.2) is 39.5 Å². The third-order valence-corrected chi connectivity index (χ3v) is 3.12. The Bertz CT molecular complexity index is 138. The Morgan fingerprint density at radius 1 is 1.06 bits per heavy atom. The summed E-state index contributed by atoms with van der Waals surface area (Å²) in [5.74, 6) is 0.800. The Morgan fingerprint density at radius 3 is 2.31 bits per heavy atom. The molecule has 1 unspecified atom stereocenters. The molecule has 0 aliphatic carbocycles. The maximum absolute atomic E-state index is 5.40. The Kier molecular flexibility index (Phi) is 11.3. The number of hydrogen-bond acceptors (Lipinski definition) is 3. The third-order valence-electron chi connectivity index (χ3n) is 3.12. The first-order valence-corrected chi connectivity index (χ1v) is 6.56. The first-order valence-electron chi connectivity index (χ1n) is 6.56. The van der Waals surface area contributed by atoms with Crippen molar-refractivity contribution in [2.24, 2.45) is 5.92 Å². The molecule has 3 nitrogen and oxygen atoms in total.